The van der Waals surface area contributed by atoms with Gasteiger partial charge in [-0.15, -0.1) is 0 Å². The molecule has 2 aromatic heterocycles. The highest BCUT2D eigenvalue weighted by Gasteiger charge is 2.03. The number of aromatic amines is 1. The molecule has 11 heavy (non-hydrogen) atoms. The molecule has 56 valence electrons. The number of H-pyrrole nitrogens is 1. The Hall–Kier alpha value is -1.02. The van der Waals surface area contributed by atoms with Crippen LogP contribution in [0.4, 0.5) is 0 Å². The van der Waals surface area contributed by atoms with Gasteiger partial charge < -0.3 is 4.98 Å². The zero-order valence-electron chi connectivity index (χ0n) is 6.06. The molecule has 2 nitrogen and oxygen atoms in total. The second-order valence-electron chi connectivity index (χ2n) is 2.49. The van der Waals surface area contributed by atoms with Crippen LogP contribution in [0.25, 0.3) is 11.0 Å². The largest absolute Gasteiger partial charge is 0.345 e. The van der Waals surface area contributed by atoms with E-state index < -0.39 is 0 Å². The van der Waals surface area contributed by atoms with Crippen molar-refractivity contribution >= 4 is 22.6 Å². The molecule has 0 aromatic carbocycles. The minimum absolute atomic E-state index is 0.741. The van der Waals surface area contributed by atoms with E-state index in [9.17, 15) is 0 Å². The van der Waals surface area contributed by atoms with Crippen LogP contribution >= 0.6 is 11.6 Å². The highest BCUT2D eigenvalue weighted by atomic mass is 35.5. The van der Waals surface area contributed by atoms with E-state index >= 15 is 0 Å². The molecule has 2 aromatic rings. The van der Waals surface area contributed by atoms with Crippen molar-refractivity contribution in [1.82, 2.24) is 9.97 Å². The van der Waals surface area contributed by atoms with E-state index in [2.05, 4.69) is 9.97 Å². The quantitative estimate of drug-likeness (QED) is 0.640. The van der Waals surface area contributed by atoms with E-state index in [1.54, 1.807) is 12.4 Å². The van der Waals surface area contributed by atoms with Crippen LogP contribution in [0.1, 0.15) is 5.56 Å². The molecule has 0 saturated carbocycles. The van der Waals surface area contributed by atoms with Gasteiger partial charge in [0.25, 0.3) is 0 Å². The number of hydrogen-bond donors (Lipinski definition) is 1. The second kappa shape index (κ2) is 2.24. The van der Waals surface area contributed by atoms with Gasteiger partial charge in [0, 0.05) is 17.8 Å². The molecule has 0 aliphatic rings. The third-order valence-corrected chi connectivity index (χ3v) is 2.03. The molecule has 0 aliphatic carbocycles. The van der Waals surface area contributed by atoms with Gasteiger partial charge in [0.15, 0.2) is 0 Å². The molecule has 1 N–H and O–H groups in total. The number of aryl methyl sites for hydroxylation is 1. The fourth-order valence-corrected chi connectivity index (χ4v) is 1.47. The maximum atomic E-state index is 5.91. The van der Waals surface area contributed by atoms with Crippen LogP contribution in [0.15, 0.2) is 18.5 Å². The molecule has 0 unspecified atom stereocenters. The molecule has 0 fully saturated rings. The van der Waals surface area contributed by atoms with Crippen molar-refractivity contribution in [3.05, 3.63) is 29.0 Å². The summed E-state index contributed by atoms with van der Waals surface area (Å²) in [4.78, 5) is 7.11. The minimum Gasteiger partial charge on any atom is -0.345 e. The van der Waals surface area contributed by atoms with Crippen LogP contribution in [-0.4, -0.2) is 9.97 Å². The maximum absolute atomic E-state index is 5.91. The van der Waals surface area contributed by atoms with E-state index in [0.717, 1.165) is 21.6 Å². The molecule has 3 heteroatoms. The molecule has 2 heterocycles. The van der Waals surface area contributed by atoms with E-state index in [-0.39, 0.29) is 0 Å². The number of nitrogens with one attached hydrogen (secondary N) is 1. The topological polar surface area (TPSA) is 28.7 Å². The maximum Gasteiger partial charge on any atom is 0.139 e. The number of hydrogen-bond acceptors (Lipinski definition) is 1. The number of fused-ring (bicyclic) bond motifs is 1. The summed E-state index contributed by atoms with van der Waals surface area (Å²) >= 11 is 5.91. The van der Waals surface area contributed by atoms with Crippen molar-refractivity contribution < 1.29 is 0 Å². The van der Waals surface area contributed by atoms with Gasteiger partial charge in [0.05, 0.1) is 5.02 Å². The van der Waals surface area contributed by atoms with Crippen LogP contribution in [0.2, 0.25) is 5.02 Å². The highest BCUT2D eigenvalue weighted by molar-refractivity contribution is 6.35. The van der Waals surface area contributed by atoms with E-state index in [0.29, 0.717) is 0 Å². The molecule has 0 atom stereocenters. The standard InChI is InChI=1S/C8H7ClN2/c1-5-2-3-10-8-7(5)6(9)4-11-8/h2-4H,1H3,(H,10,11). The first-order chi connectivity index (χ1) is 5.29. The number of rotatable bonds is 0. The molecule has 0 saturated heterocycles. The fourth-order valence-electron chi connectivity index (χ4n) is 1.17. The predicted molar refractivity (Wildman–Crippen MR) is 45.8 cm³/mol. The Morgan fingerprint density at radius 3 is 3.09 bits per heavy atom. The van der Waals surface area contributed by atoms with Crippen LogP contribution in [-0.2, 0) is 0 Å². The number of pyridine rings is 1. The SMILES string of the molecule is Cc1ccnc2[nH]cc(Cl)c12. The van der Waals surface area contributed by atoms with Crippen molar-refractivity contribution in [3.8, 4) is 0 Å². The van der Waals surface area contributed by atoms with Crippen LogP contribution in [0.5, 0.6) is 0 Å². The van der Waals surface area contributed by atoms with Gasteiger partial charge in [0.2, 0.25) is 0 Å². The van der Waals surface area contributed by atoms with Gasteiger partial charge in [-0.1, -0.05) is 11.6 Å². The zero-order valence-corrected chi connectivity index (χ0v) is 6.81. The number of nitrogens with zero attached hydrogens (tertiary/aromatic N) is 1. The van der Waals surface area contributed by atoms with Gasteiger partial charge in [0.1, 0.15) is 5.65 Å². The second-order valence-corrected chi connectivity index (χ2v) is 2.90. The smallest absolute Gasteiger partial charge is 0.139 e. The van der Waals surface area contributed by atoms with E-state index in [4.69, 9.17) is 11.6 Å². The van der Waals surface area contributed by atoms with Crippen LogP contribution in [0.3, 0.4) is 0 Å². The van der Waals surface area contributed by atoms with Gasteiger partial charge in [-0.2, -0.15) is 0 Å². The highest BCUT2D eigenvalue weighted by Crippen LogP contribution is 2.23. The van der Waals surface area contributed by atoms with E-state index in [1.165, 1.54) is 0 Å². The summed E-state index contributed by atoms with van der Waals surface area (Å²) in [5.74, 6) is 0. The average molecular weight is 167 g/mol. The van der Waals surface area contributed by atoms with Crippen molar-refractivity contribution in [2.75, 3.05) is 0 Å². The predicted octanol–water partition coefficient (Wildman–Crippen LogP) is 2.52. The Labute approximate surface area is 69.2 Å². The van der Waals surface area contributed by atoms with E-state index in [1.807, 2.05) is 13.0 Å². The minimum atomic E-state index is 0.741. The lowest BCUT2D eigenvalue weighted by atomic mass is 10.2. The molecule has 0 aliphatic heterocycles. The lowest BCUT2D eigenvalue weighted by molar-refractivity contribution is 1.31. The molecule has 0 bridgehead atoms. The average Bonchev–Trinajstić information content (AvgIpc) is 2.34. The molecule has 0 spiro atoms. The molecular formula is C8H7ClN2. The Kier molecular flexibility index (Phi) is 1.36. The lowest BCUT2D eigenvalue weighted by Gasteiger charge is -1.93. The van der Waals surface area contributed by atoms with Crippen molar-refractivity contribution in [2.45, 2.75) is 6.92 Å². The third-order valence-electron chi connectivity index (χ3n) is 1.73. The number of halogens is 1. The Bertz CT molecular complexity index is 392. The first kappa shape index (κ1) is 6.68. The van der Waals surface area contributed by atoms with Crippen LogP contribution in [0, 0.1) is 6.92 Å². The summed E-state index contributed by atoms with van der Waals surface area (Å²) in [6, 6.07) is 1.95. The summed E-state index contributed by atoms with van der Waals surface area (Å²) in [7, 11) is 0. The van der Waals surface area contributed by atoms with Gasteiger partial charge in [-0.25, -0.2) is 4.98 Å². The molecule has 0 amide bonds. The molecular weight excluding hydrogens is 160 g/mol. The summed E-state index contributed by atoms with van der Waals surface area (Å²) < 4.78 is 0. The van der Waals surface area contributed by atoms with Gasteiger partial charge in [-0.05, 0) is 18.6 Å². The first-order valence-electron chi connectivity index (χ1n) is 3.37. The molecule has 2 rings (SSSR count). The Morgan fingerprint density at radius 2 is 2.36 bits per heavy atom. The third kappa shape index (κ3) is 0.906. The van der Waals surface area contributed by atoms with Gasteiger partial charge in [-0.3, -0.25) is 0 Å². The zero-order chi connectivity index (χ0) is 7.84. The Balaban J connectivity index is 2.96. The summed E-state index contributed by atoms with van der Waals surface area (Å²) in [5, 5.41) is 1.76. The van der Waals surface area contributed by atoms with Gasteiger partial charge >= 0.3 is 0 Å². The van der Waals surface area contributed by atoms with Crippen molar-refractivity contribution in [2.24, 2.45) is 0 Å². The summed E-state index contributed by atoms with van der Waals surface area (Å²) in [6.07, 6.45) is 3.52. The monoisotopic (exact) mass is 166 g/mol. The van der Waals surface area contributed by atoms with Crippen LogP contribution < -0.4 is 0 Å². The van der Waals surface area contributed by atoms with Crippen molar-refractivity contribution in [3.63, 3.8) is 0 Å². The summed E-state index contributed by atoms with van der Waals surface area (Å²) in [5.41, 5.74) is 2.01. The lowest BCUT2D eigenvalue weighted by Crippen LogP contribution is -1.77. The summed E-state index contributed by atoms with van der Waals surface area (Å²) in [6.45, 7) is 2.02. The number of aromatic nitrogens is 2. The first-order valence-corrected chi connectivity index (χ1v) is 3.75. The molecule has 0 radical (unpaired) electrons. The Morgan fingerprint density at radius 1 is 1.55 bits per heavy atom. The normalized spacial score (nSPS) is 10.7. The van der Waals surface area contributed by atoms with Crippen molar-refractivity contribution in [1.29, 1.82) is 0 Å². The fraction of sp³-hybridized carbons (Fsp3) is 0.125.